The van der Waals surface area contributed by atoms with Crippen molar-refractivity contribution in [2.45, 2.75) is 18.9 Å². The Hall–Kier alpha value is -1.39. The van der Waals surface area contributed by atoms with E-state index in [4.69, 9.17) is 10.2 Å². The molecule has 1 atom stereocenters. The molecule has 0 aliphatic heterocycles. The van der Waals surface area contributed by atoms with Crippen LogP contribution in [0.3, 0.4) is 0 Å². The Morgan fingerprint density at radius 3 is 3.06 bits per heavy atom. The van der Waals surface area contributed by atoms with Crippen molar-refractivity contribution < 1.29 is 4.42 Å². The first kappa shape index (κ1) is 10.7. The lowest BCUT2D eigenvalue weighted by atomic mass is 9.90. The van der Waals surface area contributed by atoms with Gasteiger partial charge in [-0.1, -0.05) is 6.07 Å². The Kier molecular flexibility index (Phi) is 2.42. The first-order chi connectivity index (χ1) is 8.25. The van der Waals surface area contributed by atoms with Gasteiger partial charge in [-0.05, 0) is 37.6 Å². The molecule has 0 amide bonds. The van der Waals surface area contributed by atoms with Crippen molar-refractivity contribution in [3.63, 3.8) is 0 Å². The molecule has 1 aliphatic carbocycles. The minimum atomic E-state index is 0.0736. The highest BCUT2D eigenvalue weighted by atomic mass is 16.3. The summed E-state index contributed by atoms with van der Waals surface area (Å²) in [5.41, 5.74) is 9.46. The molecule has 1 heterocycles. The third kappa shape index (κ3) is 1.73. The second-order valence-corrected chi connectivity index (χ2v) is 4.95. The summed E-state index contributed by atoms with van der Waals surface area (Å²) in [5.74, 6) is 0. The number of oxazole rings is 1. The van der Waals surface area contributed by atoms with Gasteiger partial charge < -0.3 is 15.5 Å². The lowest BCUT2D eigenvalue weighted by molar-refractivity contribution is 0.392. The van der Waals surface area contributed by atoms with Gasteiger partial charge in [0.15, 0.2) is 12.0 Å². The summed E-state index contributed by atoms with van der Waals surface area (Å²) in [7, 11) is 1.98. The zero-order valence-corrected chi connectivity index (χ0v) is 9.94. The highest BCUT2D eigenvalue weighted by molar-refractivity contribution is 5.73. The molecule has 90 valence electrons. The zero-order chi connectivity index (χ0) is 11.9. The molecular weight excluding hydrogens is 214 g/mol. The fraction of sp³-hybridized carbons (Fsp3) is 0.462. The molecule has 1 aromatic carbocycles. The molecule has 0 bridgehead atoms. The molecule has 4 nitrogen and oxygen atoms in total. The number of aromatic nitrogens is 1. The minimum absolute atomic E-state index is 0.0736. The van der Waals surface area contributed by atoms with Crippen molar-refractivity contribution in [1.29, 1.82) is 0 Å². The monoisotopic (exact) mass is 231 g/mol. The Bertz CT molecular complexity index is 530. The van der Waals surface area contributed by atoms with Crippen molar-refractivity contribution in [2.75, 3.05) is 13.6 Å². The van der Waals surface area contributed by atoms with Gasteiger partial charge in [-0.3, -0.25) is 0 Å². The van der Waals surface area contributed by atoms with Gasteiger partial charge in [0.05, 0.1) is 0 Å². The van der Waals surface area contributed by atoms with Gasteiger partial charge in [0.25, 0.3) is 0 Å². The van der Waals surface area contributed by atoms with Crippen LogP contribution in [0.25, 0.3) is 11.1 Å². The van der Waals surface area contributed by atoms with Crippen molar-refractivity contribution in [2.24, 2.45) is 11.1 Å². The first-order valence-corrected chi connectivity index (χ1v) is 5.98. The Morgan fingerprint density at radius 1 is 1.53 bits per heavy atom. The topological polar surface area (TPSA) is 64.1 Å². The molecule has 0 radical (unpaired) electrons. The van der Waals surface area contributed by atoms with Crippen LogP contribution in [0, 0.1) is 5.41 Å². The predicted molar refractivity (Wildman–Crippen MR) is 66.5 cm³/mol. The summed E-state index contributed by atoms with van der Waals surface area (Å²) in [6, 6.07) is 6.13. The molecule has 1 aromatic heterocycles. The number of fused-ring (bicyclic) bond motifs is 1. The van der Waals surface area contributed by atoms with Crippen LogP contribution < -0.4 is 11.1 Å². The predicted octanol–water partition coefficient (Wildman–Crippen LogP) is 1.83. The fourth-order valence-electron chi connectivity index (χ4n) is 2.53. The molecule has 3 rings (SSSR count). The molecule has 4 heteroatoms. The highest BCUT2D eigenvalue weighted by Gasteiger charge is 2.47. The number of benzene rings is 1. The van der Waals surface area contributed by atoms with Gasteiger partial charge in [-0.15, -0.1) is 0 Å². The van der Waals surface area contributed by atoms with E-state index in [0.717, 1.165) is 23.2 Å². The van der Waals surface area contributed by atoms with E-state index < -0.39 is 0 Å². The maximum absolute atomic E-state index is 6.38. The number of hydrogen-bond acceptors (Lipinski definition) is 4. The van der Waals surface area contributed by atoms with Crippen LogP contribution in [0.4, 0.5) is 0 Å². The fourth-order valence-corrected chi connectivity index (χ4v) is 2.53. The van der Waals surface area contributed by atoms with Crippen LogP contribution in [0.1, 0.15) is 24.4 Å². The van der Waals surface area contributed by atoms with Gasteiger partial charge in [0.1, 0.15) is 5.52 Å². The molecule has 0 saturated heterocycles. The Morgan fingerprint density at radius 2 is 2.35 bits per heavy atom. The molecule has 1 unspecified atom stereocenters. The molecule has 17 heavy (non-hydrogen) atoms. The van der Waals surface area contributed by atoms with E-state index in [-0.39, 0.29) is 11.5 Å². The summed E-state index contributed by atoms with van der Waals surface area (Å²) >= 11 is 0. The minimum Gasteiger partial charge on any atom is -0.443 e. The van der Waals surface area contributed by atoms with Crippen molar-refractivity contribution in [3.8, 4) is 0 Å². The van der Waals surface area contributed by atoms with Crippen molar-refractivity contribution in [3.05, 3.63) is 30.2 Å². The van der Waals surface area contributed by atoms with Crippen molar-refractivity contribution in [1.82, 2.24) is 10.3 Å². The maximum Gasteiger partial charge on any atom is 0.181 e. The van der Waals surface area contributed by atoms with Crippen LogP contribution in [0.15, 0.2) is 29.0 Å². The Labute approximate surface area is 100 Å². The van der Waals surface area contributed by atoms with Gasteiger partial charge in [0, 0.05) is 18.0 Å². The number of nitrogens with two attached hydrogens (primary N) is 1. The number of hydrogen-bond donors (Lipinski definition) is 2. The average Bonchev–Trinajstić information content (AvgIpc) is 2.97. The van der Waals surface area contributed by atoms with E-state index in [1.165, 1.54) is 19.2 Å². The van der Waals surface area contributed by atoms with Crippen molar-refractivity contribution >= 4 is 11.1 Å². The van der Waals surface area contributed by atoms with Crippen LogP contribution in [0.5, 0.6) is 0 Å². The van der Waals surface area contributed by atoms with Crippen LogP contribution in [-0.2, 0) is 0 Å². The molecular formula is C13H17N3O. The molecule has 0 spiro atoms. The van der Waals surface area contributed by atoms with E-state index >= 15 is 0 Å². The van der Waals surface area contributed by atoms with E-state index in [1.54, 1.807) is 0 Å². The second-order valence-electron chi connectivity index (χ2n) is 4.95. The quantitative estimate of drug-likeness (QED) is 0.842. The Balaban J connectivity index is 1.92. The number of nitrogens with zero attached hydrogens (tertiary/aromatic N) is 1. The van der Waals surface area contributed by atoms with E-state index in [9.17, 15) is 0 Å². The molecule has 1 aliphatic rings. The molecule has 1 fully saturated rings. The third-order valence-corrected chi connectivity index (χ3v) is 3.80. The van der Waals surface area contributed by atoms with Gasteiger partial charge >= 0.3 is 0 Å². The number of nitrogens with one attached hydrogen (secondary N) is 1. The lowest BCUT2D eigenvalue weighted by Crippen LogP contribution is -2.31. The van der Waals surface area contributed by atoms with E-state index in [2.05, 4.69) is 16.4 Å². The van der Waals surface area contributed by atoms with Gasteiger partial charge in [-0.25, -0.2) is 4.98 Å². The second kappa shape index (κ2) is 3.82. The van der Waals surface area contributed by atoms with Crippen LogP contribution in [-0.4, -0.2) is 18.6 Å². The third-order valence-electron chi connectivity index (χ3n) is 3.80. The standard InChI is InChI=1S/C13H17N3O/c1-15-7-13(4-5-13)12(14)9-2-3-10-11(6-9)17-8-16-10/h2-3,6,8,12,15H,4-5,7,14H2,1H3. The zero-order valence-electron chi connectivity index (χ0n) is 9.94. The number of rotatable bonds is 4. The molecule has 1 saturated carbocycles. The first-order valence-electron chi connectivity index (χ1n) is 5.98. The SMILES string of the molecule is CNCC1(C(N)c2ccc3ncoc3c2)CC1. The van der Waals surface area contributed by atoms with Crippen LogP contribution >= 0.6 is 0 Å². The average molecular weight is 231 g/mol. The van der Waals surface area contributed by atoms with Gasteiger partial charge in [0.2, 0.25) is 0 Å². The molecule has 2 aromatic rings. The van der Waals surface area contributed by atoms with E-state index in [1.807, 2.05) is 19.2 Å². The summed E-state index contributed by atoms with van der Waals surface area (Å²) < 4.78 is 5.32. The summed E-state index contributed by atoms with van der Waals surface area (Å²) in [6.45, 7) is 0.975. The lowest BCUT2D eigenvalue weighted by Gasteiger charge is -2.23. The van der Waals surface area contributed by atoms with Gasteiger partial charge in [-0.2, -0.15) is 0 Å². The normalized spacial score (nSPS) is 19.4. The van der Waals surface area contributed by atoms with E-state index in [0.29, 0.717) is 0 Å². The van der Waals surface area contributed by atoms with Crippen LogP contribution in [0.2, 0.25) is 0 Å². The summed E-state index contributed by atoms with van der Waals surface area (Å²) in [5, 5.41) is 3.24. The molecule has 3 N–H and O–H groups in total. The summed E-state index contributed by atoms with van der Waals surface area (Å²) in [6.07, 6.45) is 3.87. The maximum atomic E-state index is 6.38. The largest absolute Gasteiger partial charge is 0.443 e. The highest BCUT2D eigenvalue weighted by Crippen LogP contribution is 2.53. The smallest absolute Gasteiger partial charge is 0.181 e. The summed E-state index contributed by atoms with van der Waals surface area (Å²) in [4.78, 5) is 4.11.